The van der Waals surface area contributed by atoms with Crippen molar-refractivity contribution in [3.05, 3.63) is 46.8 Å². The molecule has 1 aromatic carbocycles. The minimum Gasteiger partial charge on any atom is -0.352 e. The van der Waals surface area contributed by atoms with E-state index in [-0.39, 0.29) is 24.1 Å². The summed E-state index contributed by atoms with van der Waals surface area (Å²) in [7, 11) is 0. The van der Waals surface area contributed by atoms with Gasteiger partial charge in [-0.25, -0.2) is 4.98 Å². The third kappa shape index (κ3) is 3.17. The van der Waals surface area contributed by atoms with Crippen LogP contribution in [0.5, 0.6) is 0 Å². The number of nitrogens with zero attached hydrogens (tertiary/aromatic N) is 3. The van der Waals surface area contributed by atoms with E-state index in [0.29, 0.717) is 25.1 Å². The van der Waals surface area contributed by atoms with Gasteiger partial charge in [-0.3, -0.25) is 19.7 Å². The molecule has 1 saturated heterocycles. The SMILES string of the molecule is O=C1CCC(N2Cc3ccc(CNc4ncc5n4CCNC5)cc3C2=O)C(=O)N1. The lowest BCUT2D eigenvalue weighted by Crippen LogP contribution is -2.52. The Bertz CT molecular complexity index is 1010. The number of rotatable bonds is 4. The predicted molar refractivity (Wildman–Crippen MR) is 104 cm³/mol. The number of hydrogen-bond acceptors (Lipinski definition) is 6. The Balaban J connectivity index is 1.30. The molecule has 1 atom stereocenters. The number of aromatic nitrogens is 2. The van der Waals surface area contributed by atoms with E-state index in [2.05, 4.69) is 25.5 Å². The van der Waals surface area contributed by atoms with Crippen LogP contribution in [0.4, 0.5) is 5.95 Å². The Morgan fingerprint density at radius 3 is 3.00 bits per heavy atom. The summed E-state index contributed by atoms with van der Waals surface area (Å²) in [6.07, 6.45) is 2.51. The quantitative estimate of drug-likeness (QED) is 0.646. The molecule has 9 nitrogen and oxygen atoms in total. The summed E-state index contributed by atoms with van der Waals surface area (Å²) in [6.45, 7) is 3.57. The van der Waals surface area contributed by atoms with Gasteiger partial charge in [0.1, 0.15) is 6.04 Å². The van der Waals surface area contributed by atoms with Crippen LogP contribution in [0, 0.1) is 0 Å². The molecule has 150 valence electrons. The van der Waals surface area contributed by atoms with Crippen LogP contribution < -0.4 is 16.0 Å². The number of benzene rings is 1. The van der Waals surface area contributed by atoms with Crippen LogP contribution in [0.3, 0.4) is 0 Å². The minimum absolute atomic E-state index is 0.152. The zero-order chi connectivity index (χ0) is 20.0. The van der Waals surface area contributed by atoms with Gasteiger partial charge in [-0.2, -0.15) is 0 Å². The third-order valence-electron chi connectivity index (χ3n) is 5.80. The molecule has 5 rings (SSSR count). The number of carbonyl (C=O) groups is 3. The van der Waals surface area contributed by atoms with Crippen molar-refractivity contribution in [1.29, 1.82) is 0 Å². The first kappa shape index (κ1) is 17.9. The standard InChI is InChI=1S/C20H22N6O3/c27-17-4-3-16(18(28)24-17)26-11-13-2-1-12(7-15(13)19(26)29)8-22-20-23-10-14-9-21-5-6-25(14)20/h1-2,7,10,16,21H,3-6,8-9,11H2,(H,22,23)(H,24,27,28). The largest absolute Gasteiger partial charge is 0.352 e. The van der Waals surface area contributed by atoms with Crippen molar-refractivity contribution < 1.29 is 14.4 Å². The van der Waals surface area contributed by atoms with Gasteiger partial charge >= 0.3 is 0 Å². The highest BCUT2D eigenvalue weighted by Gasteiger charge is 2.39. The molecule has 1 aromatic heterocycles. The van der Waals surface area contributed by atoms with E-state index in [1.54, 1.807) is 4.90 Å². The molecule has 0 radical (unpaired) electrons. The zero-order valence-electron chi connectivity index (χ0n) is 15.9. The molecule has 0 spiro atoms. The van der Waals surface area contributed by atoms with Gasteiger partial charge in [0.25, 0.3) is 5.91 Å². The van der Waals surface area contributed by atoms with Crippen molar-refractivity contribution in [2.45, 2.75) is 45.1 Å². The first-order valence-corrected chi connectivity index (χ1v) is 9.85. The molecule has 29 heavy (non-hydrogen) atoms. The summed E-state index contributed by atoms with van der Waals surface area (Å²) in [4.78, 5) is 42.5. The van der Waals surface area contributed by atoms with Crippen molar-refractivity contribution in [3.8, 4) is 0 Å². The highest BCUT2D eigenvalue weighted by molar-refractivity contribution is 6.05. The van der Waals surface area contributed by atoms with Gasteiger partial charge in [-0.05, 0) is 23.6 Å². The van der Waals surface area contributed by atoms with E-state index in [4.69, 9.17) is 0 Å². The van der Waals surface area contributed by atoms with E-state index in [1.807, 2.05) is 24.4 Å². The maximum absolute atomic E-state index is 12.9. The second-order valence-electron chi connectivity index (χ2n) is 7.65. The summed E-state index contributed by atoms with van der Waals surface area (Å²) in [6, 6.07) is 5.24. The van der Waals surface area contributed by atoms with Gasteiger partial charge in [0.15, 0.2) is 0 Å². The lowest BCUT2D eigenvalue weighted by Gasteiger charge is -2.29. The second kappa shape index (κ2) is 7.00. The summed E-state index contributed by atoms with van der Waals surface area (Å²) < 4.78 is 2.17. The topological polar surface area (TPSA) is 108 Å². The Kier molecular flexibility index (Phi) is 4.31. The fourth-order valence-corrected chi connectivity index (χ4v) is 4.24. The van der Waals surface area contributed by atoms with Crippen molar-refractivity contribution in [3.63, 3.8) is 0 Å². The second-order valence-corrected chi connectivity index (χ2v) is 7.65. The van der Waals surface area contributed by atoms with Crippen LogP contribution in [0.15, 0.2) is 24.4 Å². The zero-order valence-corrected chi connectivity index (χ0v) is 15.9. The lowest BCUT2D eigenvalue weighted by atomic mass is 10.0. The molecule has 0 aliphatic carbocycles. The first-order valence-electron chi connectivity index (χ1n) is 9.85. The van der Waals surface area contributed by atoms with E-state index in [0.717, 1.165) is 42.4 Å². The van der Waals surface area contributed by atoms with Gasteiger partial charge in [-0.15, -0.1) is 0 Å². The van der Waals surface area contributed by atoms with Crippen LogP contribution in [-0.2, 0) is 35.8 Å². The number of imidazole rings is 1. The molecule has 1 fully saturated rings. The maximum atomic E-state index is 12.9. The Hall–Kier alpha value is -3.20. The number of carbonyl (C=O) groups excluding carboxylic acids is 3. The van der Waals surface area contributed by atoms with Crippen LogP contribution in [0.2, 0.25) is 0 Å². The number of imide groups is 1. The van der Waals surface area contributed by atoms with E-state index in [9.17, 15) is 14.4 Å². The van der Waals surface area contributed by atoms with Crippen LogP contribution in [-0.4, -0.2) is 44.8 Å². The molecular formula is C20H22N6O3. The fourth-order valence-electron chi connectivity index (χ4n) is 4.24. The molecule has 3 aliphatic heterocycles. The summed E-state index contributed by atoms with van der Waals surface area (Å²) in [5, 5.41) is 9.01. The number of nitrogens with one attached hydrogen (secondary N) is 3. The molecule has 3 amide bonds. The van der Waals surface area contributed by atoms with E-state index < -0.39 is 6.04 Å². The highest BCUT2D eigenvalue weighted by atomic mass is 16.2. The van der Waals surface area contributed by atoms with Gasteiger partial charge < -0.3 is 20.1 Å². The van der Waals surface area contributed by atoms with Gasteiger partial charge in [-0.1, -0.05) is 12.1 Å². The molecule has 4 heterocycles. The minimum atomic E-state index is -0.584. The van der Waals surface area contributed by atoms with Crippen LogP contribution >= 0.6 is 0 Å². The lowest BCUT2D eigenvalue weighted by molar-refractivity contribution is -0.136. The third-order valence-corrected chi connectivity index (χ3v) is 5.80. The van der Waals surface area contributed by atoms with Gasteiger partial charge in [0.05, 0.1) is 11.9 Å². The maximum Gasteiger partial charge on any atom is 0.255 e. The average molecular weight is 394 g/mol. The molecule has 3 N–H and O–H groups in total. The molecule has 0 saturated carbocycles. The van der Waals surface area contributed by atoms with E-state index in [1.165, 1.54) is 0 Å². The van der Waals surface area contributed by atoms with Crippen molar-refractivity contribution >= 4 is 23.7 Å². The fraction of sp³-hybridized carbons (Fsp3) is 0.400. The molecule has 3 aliphatic rings. The monoisotopic (exact) mass is 394 g/mol. The Morgan fingerprint density at radius 2 is 2.14 bits per heavy atom. The smallest absolute Gasteiger partial charge is 0.255 e. The number of amides is 3. The summed E-state index contributed by atoms with van der Waals surface area (Å²) in [5.74, 6) is 0.0164. The number of hydrogen-bond donors (Lipinski definition) is 3. The summed E-state index contributed by atoms with van der Waals surface area (Å²) >= 11 is 0. The summed E-state index contributed by atoms with van der Waals surface area (Å²) in [5.41, 5.74) is 3.67. The number of anilines is 1. The van der Waals surface area contributed by atoms with Gasteiger partial charge in [0.2, 0.25) is 17.8 Å². The first-order chi connectivity index (χ1) is 14.1. The normalized spacial score (nSPS) is 21.0. The van der Waals surface area contributed by atoms with Gasteiger partial charge in [0, 0.05) is 44.7 Å². The molecule has 9 heteroatoms. The molecule has 1 unspecified atom stereocenters. The van der Waals surface area contributed by atoms with Crippen LogP contribution in [0.1, 0.15) is 40.0 Å². The predicted octanol–water partition coefficient (Wildman–Crippen LogP) is 0.359. The molecule has 0 bridgehead atoms. The Labute approximate surface area is 167 Å². The van der Waals surface area contributed by atoms with Crippen molar-refractivity contribution in [2.75, 3.05) is 11.9 Å². The van der Waals surface area contributed by atoms with Crippen molar-refractivity contribution in [1.82, 2.24) is 25.1 Å². The van der Waals surface area contributed by atoms with E-state index >= 15 is 0 Å². The van der Waals surface area contributed by atoms with Crippen LogP contribution in [0.25, 0.3) is 0 Å². The number of fused-ring (bicyclic) bond motifs is 2. The molecule has 2 aromatic rings. The highest BCUT2D eigenvalue weighted by Crippen LogP contribution is 2.28. The number of piperidine rings is 1. The molecular weight excluding hydrogens is 372 g/mol. The average Bonchev–Trinajstić information content (AvgIpc) is 3.28. The van der Waals surface area contributed by atoms with Crippen molar-refractivity contribution in [2.24, 2.45) is 0 Å². The Morgan fingerprint density at radius 1 is 1.24 bits per heavy atom.